The summed E-state index contributed by atoms with van der Waals surface area (Å²) in [5.41, 5.74) is 4.78. The summed E-state index contributed by atoms with van der Waals surface area (Å²) in [6.45, 7) is 2.64. The van der Waals surface area contributed by atoms with Gasteiger partial charge in [-0.1, -0.05) is 6.92 Å². The van der Waals surface area contributed by atoms with Gasteiger partial charge in [-0.3, -0.25) is 10.3 Å². The number of rotatable bonds is 7. The Morgan fingerprint density at radius 2 is 2.20 bits per heavy atom. The Morgan fingerprint density at radius 3 is 2.53 bits per heavy atom. The second-order valence-corrected chi connectivity index (χ2v) is 3.91. The van der Waals surface area contributed by atoms with Crippen LogP contribution in [0.3, 0.4) is 0 Å². The van der Waals surface area contributed by atoms with E-state index < -0.39 is 0 Å². The van der Waals surface area contributed by atoms with Crippen molar-refractivity contribution >= 4 is 12.2 Å². The zero-order valence-corrected chi connectivity index (χ0v) is 9.84. The van der Waals surface area contributed by atoms with Crippen LogP contribution in [0.25, 0.3) is 0 Å². The van der Waals surface area contributed by atoms with Gasteiger partial charge in [0.25, 0.3) is 0 Å². The Morgan fingerprint density at radius 1 is 1.60 bits per heavy atom. The lowest BCUT2D eigenvalue weighted by molar-refractivity contribution is -0.117. The largest absolute Gasteiger partial charge is 0.370 e. The summed E-state index contributed by atoms with van der Waals surface area (Å²) in [4.78, 5) is 13.1. The van der Waals surface area contributed by atoms with Crippen molar-refractivity contribution in [2.75, 3.05) is 20.6 Å². The third-order valence-electron chi connectivity index (χ3n) is 2.82. The first-order valence-corrected chi connectivity index (χ1v) is 5.20. The van der Waals surface area contributed by atoms with Crippen molar-refractivity contribution in [2.24, 2.45) is 5.73 Å². The number of nitrogens with one attached hydrogen (secondary N) is 2. The van der Waals surface area contributed by atoms with Crippen LogP contribution in [-0.4, -0.2) is 43.3 Å². The van der Waals surface area contributed by atoms with Gasteiger partial charge in [0.1, 0.15) is 6.29 Å². The molecule has 88 valence electrons. The van der Waals surface area contributed by atoms with Gasteiger partial charge in [0, 0.05) is 6.54 Å². The third-order valence-corrected chi connectivity index (χ3v) is 2.82. The van der Waals surface area contributed by atoms with E-state index in [0.29, 0.717) is 6.54 Å². The Labute approximate surface area is 91.5 Å². The molecule has 15 heavy (non-hydrogen) atoms. The molecule has 0 fully saturated rings. The number of nitrogens with zero attached hydrogens (tertiary/aromatic N) is 1. The van der Waals surface area contributed by atoms with Crippen molar-refractivity contribution in [2.45, 2.75) is 31.7 Å². The van der Waals surface area contributed by atoms with Crippen molar-refractivity contribution in [3.05, 3.63) is 0 Å². The Hall–Kier alpha value is -1.10. The Bertz CT molecular complexity index is 217. The summed E-state index contributed by atoms with van der Waals surface area (Å²) in [7, 11) is 3.83. The quantitative estimate of drug-likeness (QED) is 0.244. The fraction of sp³-hybridized carbons (Fsp3) is 0.800. The molecule has 0 rings (SSSR count). The number of nitrogens with two attached hydrogens (primary N) is 1. The van der Waals surface area contributed by atoms with Gasteiger partial charge in [-0.05, 0) is 33.4 Å². The molecule has 0 saturated heterocycles. The minimum absolute atomic E-state index is 0.0203. The number of carbonyl (C=O) groups is 1. The fourth-order valence-electron chi connectivity index (χ4n) is 1.58. The minimum Gasteiger partial charge on any atom is -0.370 e. The molecule has 0 aromatic carbocycles. The highest BCUT2D eigenvalue weighted by molar-refractivity contribution is 5.74. The van der Waals surface area contributed by atoms with E-state index in [1.54, 1.807) is 0 Å². The van der Waals surface area contributed by atoms with Crippen LogP contribution in [0.15, 0.2) is 0 Å². The van der Waals surface area contributed by atoms with Gasteiger partial charge in [0.05, 0.1) is 5.54 Å². The van der Waals surface area contributed by atoms with E-state index in [1.165, 1.54) is 0 Å². The maximum atomic E-state index is 11.1. The van der Waals surface area contributed by atoms with Gasteiger partial charge in [0.15, 0.2) is 5.96 Å². The van der Waals surface area contributed by atoms with Crippen molar-refractivity contribution in [3.63, 3.8) is 0 Å². The van der Waals surface area contributed by atoms with Crippen LogP contribution in [0.2, 0.25) is 0 Å². The van der Waals surface area contributed by atoms with E-state index in [4.69, 9.17) is 11.1 Å². The standard InChI is InChI=1S/C10H22N4O/c1-4-10(8-15,14(2)3)6-5-7-13-9(11)12/h8H,4-7H2,1-3H3,(H4,11,12,13)/t10-/m0/s1. The minimum atomic E-state index is -0.377. The molecule has 0 radical (unpaired) electrons. The topological polar surface area (TPSA) is 82.2 Å². The maximum Gasteiger partial charge on any atom is 0.185 e. The molecular weight excluding hydrogens is 192 g/mol. The normalized spacial score (nSPS) is 14.7. The summed E-state index contributed by atoms with van der Waals surface area (Å²) in [5.74, 6) is -0.0203. The molecule has 0 aromatic heterocycles. The van der Waals surface area contributed by atoms with Crippen molar-refractivity contribution < 1.29 is 4.79 Å². The number of likely N-dealkylation sites (N-methyl/N-ethyl adjacent to an activating group) is 1. The molecule has 0 saturated carbocycles. The molecule has 4 N–H and O–H groups in total. The first-order chi connectivity index (χ1) is 6.98. The van der Waals surface area contributed by atoms with Gasteiger partial charge in [-0.2, -0.15) is 0 Å². The molecule has 0 unspecified atom stereocenters. The molecule has 0 aliphatic carbocycles. The average Bonchev–Trinajstić information content (AvgIpc) is 2.18. The van der Waals surface area contributed by atoms with Crippen molar-refractivity contribution in [1.82, 2.24) is 10.2 Å². The van der Waals surface area contributed by atoms with E-state index in [0.717, 1.165) is 25.5 Å². The Balaban J connectivity index is 4.07. The maximum absolute atomic E-state index is 11.1. The molecule has 0 heterocycles. The second kappa shape index (κ2) is 6.40. The SMILES string of the molecule is CC[C@@](C=O)(CCCNC(=N)N)N(C)C. The van der Waals surface area contributed by atoms with E-state index in [1.807, 2.05) is 25.9 Å². The number of aldehydes is 1. The Kier molecular flexibility index (Phi) is 5.93. The van der Waals surface area contributed by atoms with Crippen molar-refractivity contribution in [3.8, 4) is 0 Å². The predicted molar refractivity (Wildman–Crippen MR) is 61.9 cm³/mol. The van der Waals surface area contributed by atoms with E-state index in [-0.39, 0.29) is 11.5 Å². The second-order valence-electron chi connectivity index (χ2n) is 3.91. The zero-order valence-electron chi connectivity index (χ0n) is 9.84. The number of hydrogen-bond acceptors (Lipinski definition) is 3. The summed E-state index contributed by atoms with van der Waals surface area (Å²) in [5, 5.41) is 9.72. The van der Waals surface area contributed by atoms with E-state index >= 15 is 0 Å². The molecule has 1 atom stereocenters. The van der Waals surface area contributed by atoms with Crippen LogP contribution in [-0.2, 0) is 4.79 Å². The smallest absolute Gasteiger partial charge is 0.185 e. The lowest BCUT2D eigenvalue weighted by Gasteiger charge is -2.34. The van der Waals surface area contributed by atoms with E-state index in [2.05, 4.69) is 5.32 Å². The van der Waals surface area contributed by atoms with Crippen LogP contribution in [0.4, 0.5) is 0 Å². The first kappa shape index (κ1) is 13.9. The van der Waals surface area contributed by atoms with Gasteiger partial charge in [-0.25, -0.2) is 0 Å². The molecular formula is C10H22N4O. The lowest BCUT2D eigenvalue weighted by Crippen LogP contribution is -2.46. The highest BCUT2D eigenvalue weighted by atomic mass is 16.1. The van der Waals surface area contributed by atoms with Gasteiger partial charge < -0.3 is 15.8 Å². The third kappa shape index (κ3) is 4.29. The van der Waals surface area contributed by atoms with Gasteiger partial charge in [0.2, 0.25) is 0 Å². The number of carbonyl (C=O) groups excluding carboxylic acids is 1. The fourth-order valence-corrected chi connectivity index (χ4v) is 1.58. The average molecular weight is 214 g/mol. The molecule has 0 bridgehead atoms. The van der Waals surface area contributed by atoms with Crippen LogP contribution < -0.4 is 11.1 Å². The van der Waals surface area contributed by atoms with Crippen LogP contribution in [0.5, 0.6) is 0 Å². The summed E-state index contributed by atoms with van der Waals surface area (Å²) in [6.07, 6.45) is 3.41. The first-order valence-electron chi connectivity index (χ1n) is 5.20. The van der Waals surface area contributed by atoms with Crippen LogP contribution >= 0.6 is 0 Å². The highest BCUT2D eigenvalue weighted by Gasteiger charge is 2.29. The lowest BCUT2D eigenvalue weighted by atomic mass is 9.91. The molecule has 0 aliphatic rings. The highest BCUT2D eigenvalue weighted by Crippen LogP contribution is 2.20. The zero-order chi connectivity index (χ0) is 11.9. The van der Waals surface area contributed by atoms with Crippen LogP contribution in [0.1, 0.15) is 26.2 Å². The van der Waals surface area contributed by atoms with Crippen LogP contribution in [0, 0.1) is 5.41 Å². The van der Waals surface area contributed by atoms with Gasteiger partial charge >= 0.3 is 0 Å². The molecule has 0 amide bonds. The van der Waals surface area contributed by atoms with Crippen molar-refractivity contribution in [1.29, 1.82) is 5.41 Å². The monoisotopic (exact) mass is 214 g/mol. The summed E-state index contributed by atoms with van der Waals surface area (Å²) in [6, 6.07) is 0. The predicted octanol–water partition coefficient (Wildman–Crippen LogP) is 0.159. The summed E-state index contributed by atoms with van der Waals surface area (Å²) < 4.78 is 0. The molecule has 0 aromatic rings. The molecule has 0 aliphatic heterocycles. The van der Waals surface area contributed by atoms with Gasteiger partial charge in [-0.15, -0.1) is 0 Å². The molecule has 0 spiro atoms. The van der Waals surface area contributed by atoms with E-state index in [9.17, 15) is 4.79 Å². The number of hydrogen-bond donors (Lipinski definition) is 3. The molecule has 5 heteroatoms. The number of guanidine groups is 1. The summed E-state index contributed by atoms with van der Waals surface area (Å²) >= 11 is 0. The molecule has 5 nitrogen and oxygen atoms in total.